The molecule has 0 amide bonds. The first-order chi connectivity index (χ1) is 5.91. The summed E-state index contributed by atoms with van der Waals surface area (Å²) in [7, 11) is 0. The van der Waals surface area contributed by atoms with Crippen LogP contribution in [0.1, 0.15) is 46.0 Å². The van der Waals surface area contributed by atoms with Crippen LogP contribution in [0, 0.1) is 0 Å². The number of H-pyrrole nitrogens is 1. The Bertz CT molecular complexity index is 114. The second-order valence-corrected chi connectivity index (χ2v) is 2.83. The third-order valence-electron chi connectivity index (χ3n) is 1.61. The third kappa shape index (κ3) is 9.21. The Balaban J connectivity index is 0.000000211. The van der Waals surface area contributed by atoms with E-state index in [9.17, 15) is 0 Å². The SMILES string of the molecule is CCCCCCC.c1cn[nH]c1. The van der Waals surface area contributed by atoms with Crippen molar-refractivity contribution in [2.45, 2.75) is 46.0 Å². The molecular formula is C10H20N2. The van der Waals surface area contributed by atoms with Gasteiger partial charge in [0, 0.05) is 12.4 Å². The number of aromatic amines is 1. The van der Waals surface area contributed by atoms with Crippen molar-refractivity contribution in [3.05, 3.63) is 18.5 Å². The van der Waals surface area contributed by atoms with Gasteiger partial charge in [-0.2, -0.15) is 5.10 Å². The molecule has 0 spiro atoms. The fourth-order valence-electron chi connectivity index (χ4n) is 0.892. The summed E-state index contributed by atoms with van der Waals surface area (Å²) in [5, 5.41) is 6.21. The normalized spacial score (nSPS) is 8.83. The zero-order valence-electron chi connectivity index (χ0n) is 8.21. The Hall–Kier alpha value is -0.790. The van der Waals surface area contributed by atoms with Crippen LogP contribution in [0.15, 0.2) is 18.5 Å². The third-order valence-corrected chi connectivity index (χ3v) is 1.61. The molecule has 2 nitrogen and oxygen atoms in total. The predicted molar refractivity (Wildman–Crippen MR) is 53.0 cm³/mol. The van der Waals surface area contributed by atoms with E-state index in [1.165, 1.54) is 32.1 Å². The number of unbranched alkanes of at least 4 members (excludes halogenated alkanes) is 4. The van der Waals surface area contributed by atoms with Gasteiger partial charge in [-0.15, -0.1) is 0 Å². The highest BCUT2D eigenvalue weighted by Gasteiger charge is 1.80. The van der Waals surface area contributed by atoms with Crippen molar-refractivity contribution in [1.82, 2.24) is 10.2 Å². The summed E-state index contributed by atoms with van der Waals surface area (Å²) in [5.41, 5.74) is 0. The van der Waals surface area contributed by atoms with E-state index in [4.69, 9.17) is 0 Å². The van der Waals surface area contributed by atoms with Gasteiger partial charge in [-0.1, -0.05) is 46.0 Å². The minimum atomic E-state index is 1.36. The van der Waals surface area contributed by atoms with Crippen molar-refractivity contribution in [1.29, 1.82) is 0 Å². The van der Waals surface area contributed by atoms with Crippen molar-refractivity contribution in [2.24, 2.45) is 0 Å². The van der Waals surface area contributed by atoms with Crippen LogP contribution in [-0.2, 0) is 0 Å². The number of aromatic nitrogens is 2. The summed E-state index contributed by atoms with van der Waals surface area (Å²) in [4.78, 5) is 0. The van der Waals surface area contributed by atoms with E-state index in [0.717, 1.165) is 0 Å². The van der Waals surface area contributed by atoms with E-state index in [2.05, 4.69) is 24.0 Å². The van der Waals surface area contributed by atoms with E-state index < -0.39 is 0 Å². The molecule has 0 aliphatic carbocycles. The van der Waals surface area contributed by atoms with Gasteiger partial charge in [0.15, 0.2) is 0 Å². The summed E-state index contributed by atoms with van der Waals surface area (Å²) in [6.07, 6.45) is 10.5. The number of hydrogen-bond donors (Lipinski definition) is 1. The van der Waals surface area contributed by atoms with Crippen LogP contribution in [0.5, 0.6) is 0 Å². The molecule has 0 fully saturated rings. The standard InChI is InChI=1S/C7H16.C3H4N2/c1-3-5-7-6-4-2;1-2-4-5-3-1/h3-7H2,1-2H3;1-3H,(H,4,5). The molecule has 0 saturated carbocycles. The quantitative estimate of drug-likeness (QED) is 0.686. The Morgan fingerprint density at radius 3 is 2.00 bits per heavy atom. The van der Waals surface area contributed by atoms with Crippen LogP contribution >= 0.6 is 0 Å². The Morgan fingerprint density at radius 1 is 1.08 bits per heavy atom. The van der Waals surface area contributed by atoms with Crippen molar-refractivity contribution < 1.29 is 0 Å². The van der Waals surface area contributed by atoms with E-state index >= 15 is 0 Å². The van der Waals surface area contributed by atoms with Crippen molar-refractivity contribution in [3.63, 3.8) is 0 Å². The van der Waals surface area contributed by atoms with E-state index in [0.29, 0.717) is 0 Å². The highest BCUT2D eigenvalue weighted by Crippen LogP contribution is 2.00. The molecule has 0 radical (unpaired) electrons. The average Bonchev–Trinajstić information content (AvgIpc) is 2.62. The minimum absolute atomic E-state index is 1.36. The molecule has 12 heavy (non-hydrogen) atoms. The molecule has 1 N–H and O–H groups in total. The maximum absolute atomic E-state index is 3.60. The highest BCUT2D eigenvalue weighted by atomic mass is 15.1. The second-order valence-electron chi connectivity index (χ2n) is 2.83. The van der Waals surface area contributed by atoms with Crippen LogP contribution in [0.4, 0.5) is 0 Å². The zero-order chi connectivity index (χ0) is 9.07. The van der Waals surface area contributed by atoms with Crippen LogP contribution in [0.25, 0.3) is 0 Å². The summed E-state index contributed by atoms with van der Waals surface area (Å²) in [5.74, 6) is 0. The van der Waals surface area contributed by atoms with Gasteiger partial charge in [-0.3, -0.25) is 5.10 Å². The molecule has 1 aromatic rings. The Labute approximate surface area is 75.4 Å². The lowest BCUT2D eigenvalue weighted by atomic mass is 10.2. The molecule has 2 heteroatoms. The smallest absolute Gasteiger partial charge is 0.0487 e. The number of nitrogens with zero attached hydrogens (tertiary/aromatic N) is 1. The summed E-state index contributed by atoms with van der Waals surface area (Å²) < 4.78 is 0. The van der Waals surface area contributed by atoms with Crippen molar-refractivity contribution in [3.8, 4) is 0 Å². The number of nitrogens with one attached hydrogen (secondary N) is 1. The zero-order valence-corrected chi connectivity index (χ0v) is 8.21. The topological polar surface area (TPSA) is 28.7 Å². The molecule has 0 atom stereocenters. The van der Waals surface area contributed by atoms with Crippen LogP contribution < -0.4 is 0 Å². The average molecular weight is 168 g/mol. The first kappa shape index (κ1) is 11.2. The minimum Gasteiger partial charge on any atom is -0.286 e. The lowest BCUT2D eigenvalue weighted by Gasteiger charge is -1.90. The molecule has 0 saturated heterocycles. The lowest BCUT2D eigenvalue weighted by Crippen LogP contribution is -1.70. The molecule has 0 aromatic carbocycles. The molecular weight excluding hydrogens is 148 g/mol. The summed E-state index contributed by atoms with van der Waals surface area (Å²) >= 11 is 0. The van der Waals surface area contributed by atoms with Crippen LogP contribution in [0.2, 0.25) is 0 Å². The van der Waals surface area contributed by atoms with E-state index in [1.807, 2.05) is 6.07 Å². The molecule has 0 bridgehead atoms. The summed E-state index contributed by atoms with van der Waals surface area (Å²) in [6, 6.07) is 1.83. The summed E-state index contributed by atoms with van der Waals surface area (Å²) in [6.45, 7) is 4.49. The van der Waals surface area contributed by atoms with Gasteiger partial charge in [-0.25, -0.2) is 0 Å². The van der Waals surface area contributed by atoms with E-state index in [-0.39, 0.29) is 0 Å². The fourth-order valence-corrected chi connectivity index (χ4v) is 0.892. The monoisotopic (exact) mass is 168 g/mol. The van der Waals surface area contributed by atoms with Gasteiger partial charge in [0.2, 0.25) is 0 Å². The molecule has 1 rings (SSSR count). The van der Waals surface area contributed by atoms with Gasteiger partial charge in [0.1, 0.15) is 0 Å². The molecule has 70 valence electrons. The Kier molecular flexibility index (Phi) is 9.54. The van der Waals surface area contributed by atoms with Gasteiger partial charge in [0.25, 0.3) is 0 Å². The van der Waals surface area contributed by atoms with E-state index in [1.54, 1.807) is 12.4 Å². The van der Waals surface area contributed by atoms with Crippen LogP contribution in [0.3, 0.4) is 0 Å². The Morgan fingerprint density at radius 2 is 1.75 bits per heavy atom. The van der Waals surface area contributed by atoms with Gasteiger partial charge >= 0.3 is 0 Å². The maximum Gasteiger partial charge on any atom is 0.0487 e. The second kappa shape index (κ2) is 10.2. The largest absolute Gasteiger partial charge is 0.286 e. The molecule has 1 aromatic heterocycles. The van der Waals surface area contributed by atoms with Crippen molar-refractivity contribution in [2.75, 3.05) is 0 Å². The molecule has 0 unspecified atom stereocenters. The molecule has 1 heterocycles. The maximum atomic E-state index is 3.60. The van der Waals surface area contributed by atoms with Crippen LogP contribution in [-0.4, -0.2) is 10.2 Å². The first-order valence-corrected chi connectivity index (χ1v) is 4.85. The molecule has 0 aliphatic rings. The fraction of sp³-hybridized carbons (Fsp3) is 0.700. The highest BCUT2D eigenvalue weighted by molar-refractivity contribution is 4.72. The predicted octanol–water partition coefficient (Wildman–Crippen LogP) is 3.39. The molecule has 0 aliphatic heterocycles. The number of hydrogen-bond acceptors (Lipinski definition) is 1. The lowest BCUT2D eigenvalue weighted by molar-refractivity contribution is 0.656. The van der Waals surface area contributed by atoms with Crippen molar-refractivity contribution >= 4 is 0 Å². The number of rotatable bonds is 4. The first-order valence-electron chi connectivity index (χ1n) is 4.85. The van der Waals surface area contributed by atoms with Gasteiger partial charge in [0.05, 0.1) is 0 Å². The van der Waals surface area contributed by atoms with Gasteiger partial charge < -0.3 is 0 Å². The van der Waals surface area contributed by atoms with Gasteiger partial charge in [-0.05, 0) is 6.07 Å².